The van der Waals surface area contributed by atoms with Crippen LogP contribution in [-0.2, 0) is 0 Å². The van der Waals surface area contributed by atoms with Gasteiger partial charge >= 0.3 is 0 Å². The fraction of sp³-hybridized carbons (Fsp3) is 1.00. The summed E-state index contributed by atoms with van der Waals surface area (Å²) >= 11 is 11.0. The van der Waals surface area contributed by atoms with Gasteiger partial charge in [0.25, 0.3) is 0 Å². The fourth-order valence-electron chi connectivity index (χ4n) is 0.586. The fourth-order valence-corrected chi connectivity index (χ4v) is 0.994. The van der Waals surface area contributed by atoms with Gasteiger partial charge in [0.05, 0.1) is 0 Å². The molecule has 0 bridgehead atoms. The largest absolute Gasteiger partial charge is 0.305 e. The van der Waals surface area contributed by atoms with Gasteiger partial charge in [-0.15, -0.1) is 23.2 Å². The molecule has 0 unspecified atom stereocenters. The molecule has 0 rings (SSSR count). The van der Waals surface area contributed by atoms with Crippen molar-refractivity contribution in [2.24, 2.45) is 0 Å². The number of halogens is 2. The van der Waals surface area contributed by atoms with Gasteiger partial charge in [-0.3, -0.25) is 0 Å². The van der Waals surface area contributed by atoms with E-state index in [0.29, 0.717) is 5.88 Å². The highest BCUT2D eigenvalue weighted by Crippen LogP contribution is 1.89. The van der Waals surface area contributed by atoms with Crippen LogP contribution in [0.3, 0.4) is 0 Å². The van der Waals surface area contributed by atoms with E-state index in [1.54, 1.807) is 0 Å². The van der Waals surface area contributed by atoms with Gasteiger partial charge in [-0.25, -0.2) is 0 Å². The first-order valence-corrected chi connectivity index (χ1v) is 4.18. The van der Waals surface area contributed by atoms with Gasteiger partial charge in [-0.2, -0.15) is 0 Å². The quantitative estimate of drug-likeness (QED) is 0.568. The summed E-state index contributed by atoms with van der Waals surface area (Å²) in [4.78, 5) is 2.18. The Kier molecular flexibility index (Phi) is 7.06. The van der Waals surface area contributed by atoms with Crippen molar-refractivity contribution in [2.75, 3.05) is 31.9 Å². The van der Waals surface area contributed by atoms with Crippen molar-refractivity contribution in [3.8, 4) is 0 Å². The van der Waals surface area contributed by atoms with Crippen LogP contribution in [-0.4, -0.2) is 36.8 Å². The minimum absolute atomic E-state index is 0.707. The van der Waals surface area contributed by atoms with Gasteiger partial charge in [0, 0.05) is 18.3 Å². The summed E-state index contributed by atoms with van der Waals surface area (Å²) in [6, 6.07) is 0. The molecule has 0 aliphatic rings. The van der Waals surface area contributed by atoms with Crippen LogP contribution >= 0.6 is 23.2 Å². The van der Waals surface area contributed by atoms with E-state index >= 15 is 0 Å². The second kappa shape index (κ2) is 6.66. The van der Waals surface area contributed by atoms with Crippen LogP contribution in [0.1, 0.15) is 6.42 Å². The van der Waals surface area contributed by atoms with Crippen LogP contribution < -0.4 is 0 Å². The third-order valence-corrected chi connectivity index (χ3v) is 1.58. The average Bonchev–Trinajstić information content (AvgIpc) is 1.85. The minimum Gasteiger partial charge on any atom is -0.305 e. The lowest BCUT2D eigenvalue weighted by molar-refractivity contribution is 0.356. The zero-order valence-electron chi connectivity index (χ0n) is 5.74. The molecule has 0 amide bonds. The maximum absolute atomic E-state index is 5.50. The molecule has 56 valence electrons. The molecule has 1 nitrogen and oxygen atoms in total. The lowest BCUT2D eigenvalue weighted by Gasteiger charge is -2.12. The molecule has 0 atom stereocenters. The summed E-state index contributed by atoms with van der Waals surface area (Å²) in [6.07, 6.45) is 1.05. The Bertz CT molecular complexity index is 59.0. The Morgan fingerprint density at radius 3 is 2.22 bits per heavy atom. The second-order valence-electron chi connectivity index (χ2n) is 2.03. The highest BCUT2D eigenvalue weighted by molar-refractivity contribution is 6.18. The van der Waals surface area contributed by atoms with E-state index in [-0.39, 0.29) is 0 Å². The Morgan fingerprint density at radius 2 is 1.78 bits per heavy atom. The zero-order chi connectivity index (χ0) is 7.11. The predicted molar refractivity (Wildman–Crippen MR) is 43.6 cm³/mol. The van der Waals surface area contributed by atoms with Crippen LogP contribution in [0.5, 0.6) is 0 Å². The molecule has 0 heterocycles. The standard InChI is InChI=1S/C6H13Cl2N/c1-9(6-4-8)5-2-3-7/h2-6H2,1H3. The first-order chi connectivity index (χ1) is 4.31. The van der Waals surface area contributed by atoms with Crippen molar-refractivity contribution in [3.05, 3.63) is 0 Å². The number of alkyl halides is 2. The SMILES string of the molecule is CN(CCCl)CCCCl. The van der Waals surface area contributed by atoms with Crippen LogP contribution in [0.25, 0.3) is 0 Å². The second-order valence-corrected chi connectivity index (χ2v) is 2.79. The van der Waals surface area contributed by atoms with Gasteiger partial charge in [0.15, 0.2) is 0 Å². The number of nitrogens with zero attached hydrogens (tertiary/aromatic N) is 1. The lowest BCUT2D eigenvalue weighted by atomic mass is 10.4. The molecule has 0 saturated carbocycles. The molecule has 0 aliphatic heterocycles. The molecule has 0 aromatic carbocycles. The average molecular weight is 170 g/mol. The first-order valence-electron chi connectivity index (χ1n) is 3.11. The van der Waals surface area contributed by atoms with Crippen molar-refractivity contribution < 1.29 is 0 Å². The summed E-state index contributed by atoms with van der Waals surface area (Å²) < 4.78 is 0. The molecule has 3 heteroatoms. The van der Waals surface area contributed by atoms with Crippen molar-refractivity contribution >= 4 is 23.2 Å². The Morgan fingerprint density at radius 1 is 1.11 bits per heavy atom. The van der Waals surface area contributed by atoms with Crippen LogP contribution in [0.2, 0.25) is 0 Å². The molecule has 0 fully saturated rings. The summed E-state index contributed by atoms with van der Waals surface area (Å²) in [5, 5.41) is 0. The molecule has 0 radical (unpaired) electrons. The summed E-state index contributed by atoms with van der Waals surface area (Å²) in [6.45, 7) is 2.01. The number of hydrogen-bond donors (Lipinski definition) is 0. The van der Waals surface area contributed by atoms with E-state index in [1.165, 1.54) is 0 Å². The highest BCUT2D eigenvalue weighted by atomic mass is 35.5. The molecule has 9 heavy (non-hydrogen) atoms. The first kappa shape index (κ1) is 9.54. The van der Waals surface area contributed by atoms with Gasteiger partial charge in [-0.05, 0) is 20.0 Å². The van der Waals surface area contributed by atoms with Gasteiger partial charge < -0.3 is 4.90 Å². The van der Waals surface area contributed by atoms with E-state index in [2.05, 4.69) is 11.9 Å². The Hall–Kier alpha value is 0.540. The molecule has 0 aromatic heterocycles. The topological polar surface area (TPSA) is 3.24 Å². The summed E-state index contributed by atoms with van der Waals surface area (Å²) in [7, 11) is 2.05. The van der Waals surface area contributed by atoms with E-state index < -0.39 is 0 Å². The van der Waals surface area contributed by atoms with Crippen molar-refractivity contribution in [3.63, 3.8) is 0 Å². The monoisotopic (exact) mass is 169 g/mol. The maximum Gasteiger partial charge on any atom is 0.0351 e. The van der Waals surface area contributed by atoms with Gasteiger partial charge in [0.1, 0.15) is 0 Å². The van der Waals surface area contributed by atoms with Crippen LogP contribution in [0, 0.1) is 0 Å². The van der Waals surface area contributed by atoms with Crippen molar-refractivity contribution in [2.45, 2.75) is 6.42 Å². The molecule has 0 saturated heterocycles. The summed E-state index contributed by atoms with van der Waals surface area (Å²) in [5.74, 6) is 1.45. The minimum atomic E-state index is 0.707. The maximum atomic E-state index is 5.50. The highest BCUT2D eigenvalue weighted by Gasteiger charge is 1.93. The van der Waals surface area contributed by atoms with E-state index in [1.807, 2.05) is 0 Å². The number of hydrogen-bond acceptors (Lipinski definition) is 1. The Balaban J connectivity index is 2.95. The van der Waals surface area contributed by atoms with Crippen molar-refractivity contribution in [1.82, 2.24) is 4.90 Å². The van der Waals surface area contributed by atoms with Gasteiger partial charge in [-0.1, -0.05) is 0 Å². The smallest absolute Gasteiger partial charge is 0.0351 e. The molecule has 0 aromatic rings. The summed E-state index contributed by atoms with van der Waals surface area (Å²) in [5.41, 5.74) is 0. The van der Waals surface area contributed by atoms with Crippen molar-refractivity contribution in [1.29, 1.82) is 0 Å². The molecule has 0 spiro atoms. The van der Waals surface area contributed by atoms with Crippen LogP contribution in [0.15, 0.2) is 0 Å². The van der Waals surface area contributed by atoms with Gasteiger partial charge in [0.2, 0.25) is 0 Å². The van der Waals surface area contributed by atoms with Crippen LogP contribution in [0.4, 0.5) is 0 Å². The van der Waals surface area contributed by atoms with E-state index in [0.717, 1.165) is 25.4 Å². The molecule has 0 aliphatic carbocycles. The molecule has 0 N–H and O–H groups in total. The third-order valence-electron chi connectivity index (χ3n) is 1.14. The molecular formula is C6H13Cl2N. The third kappa shape index (κ3) is 6.42. The molecular weight excluding hydrogens is 157 g/mol. The number of rotatable bonds is 5. The van der Waals surface area contributed by atoms with E-state index in [4.69, 9.17) is 23.2 Å². The zero-order valence-corrected chi connectivity index (χ0v) is 7.25. The normalized spacial score (nSPS) is 10.7. The Labute approximate surface area is 66.9 Å². The van der Waals surface area contributed by atoms with E-state index in [9.17, 15) is 0 Å². The lowest BCUT2D eigenvalue weighted by Crippen LogP contribution is -2.21. The predicted octanol–water partition coefficient (Wildman–Crippen LogP) is 1.79.